The lowest BCUT2D eigenvalue weighted by Crippen LogP contribution is -2.14. The van der Waals surface area contributed by atoms with Crippen molar-refractivity contribution in [3.8, 4) is 5.75 Å². The van der Waals surface area contributed by atoms with E-state index in [0.29, 0.717) is 11.3 Å². The minimum Gasteiger partial charge on any atom is -0.488 e. The Bertz CT molecular complexity index is 611. The van der Waals surface area contributed by atoms with Gasteiger partial charge in [-0.05, 0) is 44.3 Å². The number of benzene rings is 2. The van der Waals surface area contributed by atoms with E-state index in [9.17, 15) is 13.2 Å². The van der Waals surface area contributed by atoms with E-state index in [2.05, 4.69) is 5.32 Å². The van der Waals surface area contributed by atoms with Crippen LogP contribution in [0.2, 0.25) is 0 Å². The summed E-state index contributed by atoms with van der Waals surface area (Å²) < 4.78 is 45.9. The molecule has 0 heterocycles. The molecule has 1 atom stereocenters. The van der Waals surface area contributed by atoms with E-state index in [1.54, 1.807) is 7.05 Å². The van der Waals surface area contributed by atoms with Crippen LogP contribution in [-0.4, -0.2) is 7.05 Å². The van der Waals surface area contributed by atoms with E-state index < -0.39 is 17.5 Å². The van der Waals surface area contributed by atoms with E-state index in [0.717, 1.165) is 0 Å². The molecule has 0 radical (unpaired) electrons. The molecule has 5 heteroatoms. The minimum atomic E-state index is -0.666. The third kappa shape index (κ3) is 3.55. The van der Waals surface area contributed by atoms with Gasteiger partial charge in [-0.15, -0.1) is 0 Å². The second kappa shape index (κ2) is 6.63. The molecule has 0 aliphatic carbocycles. The van der Waals surface area contributed by atoms with Crippen LogP contribution >= 0.6 is 0 Å². The lowest BCUT2D eigenvalue weighted by atomic mass is 10.1. The fourth-order valence-corrected chi connectivity index (χ4v) is 1.96. The normalized spacial score (nSPS) is 12.2. The van der Waals surface area contributed by atoms with Gasteiger partial charge in [0, 0.05) is 11.6 Å². The lowest BCUT2D eigenvalue weighted by Gasteiger charge is -2.17. The molecule has 0 aromatic heterocycles. The van der Waals surface area contributed by atoms with E-state index in [-0.39, 0.29) is 18.2 Å². The molecule has 0 bridgehead atoms. The zero-order chi connectivity index (χ0) is 15.4. The summed E-state index contributed by atoms with van der Waals surface area (Å²) in [6, 6.07) is 7.53. The molecule has 2 rings (SSSR count). The van der Waals surface area contributed by atoms with Crippen molar-refractivity contribution in [2.75, 3.05) is 7.05 Å². The molecule has 21 heavy (non-hydrogen) atoms. The molecule has 2 nitrogen and oxygen atoms in total. The summed E-state index contributed by atoms with van der Waals surface area (Å²) in [4.78, 5) is 0. The second-order valence-corrected chi connectivity index (χ2v) is 4.68. The maximum absolute atomic E-state index is 13.6. The van der Waals surface area contributed by atoms with Crippen molar-refractivity contribution >= 4 is 0 Å². The Balaban J connectivity index is 2.24. The summed E-state index contributed by atoms with van der Waals surface area (Å²) in [5, 5.41) is 2.97. The Morgan fingerprint density at radius 1 is 1.10 bits per heavy atom. The molecule has 0 aliphatic rings. The molecule has 0 aliphatic heterocycles. The first kappa shape index (κ1) is 15.4. The molecule has 2 aromatic carbocycles. The summed E-state index contributed by atoms with van der Waals surface area (Å²) in [7, 11) is 1.73. The van der Waals surface area contributed by atoms with Gasteiger partial charge in [0.1, 0.15) is 29.8 Å². The van der Waals surface area contributed by atoms with E-state index in [1.165, 1.54) is 36.4 Å². The van der Waals surface area contributed by atoms with Crippen molar-refractivity contribution < 1.29 is 17.9 Å². The highest BCUT2D eigenvalue weighted by Crippen LogP contribution is 2.27. The predicted molar refractivity (Wildman–Crippen MR) is 74.6 cm³/mol. The maximum atomic E-state index is 13.6. The first-order valence-electron chi connectivity index (χ1n) is 6.55. The van der Waals surface area contributed by atoms with E-state index in [1.807, 2.05) is 6.92 Å². The number of halogens is 3. The molecular formula is C16H16F3NO. The largest absolute Gasteiger partial charge is 0.488 e. The quantitative estimate of drug-likeness (QED) is 0.901. The monoisotopic (exact) mass is 295 g/mol. The van der Waals surface area contributed by atoms with Crippen LogP contribution in [0.25, 0.3) is 0 Å². The van der Waals surface area contributed by atoms with Crippen molar-refractivity contribution in [1.82, 2.24) is 5.32 Å². The standard InChI is InChI=1S/C16H16F3NO/c1-10(20-2)12-8-11(17)6-7-16(12)21-9-13-14(18)4-3-5-15(13)19/h3-8,10,20H,9H2,1-2H3. The molecule has 0 saturated carbocycles. The molecule has 2 aromatic rings. The van der Waals surface area contributed by atoms with Crippen LogP contribution in [0.15, 0.2) is 36.4 Å². The first-order valence-corrected chi connectivity index (χ1v) is 6.55. The van der Waals surface area contributed by atoms with Crippen LogP contribution in [0.5, 0.6) is 5.75 Å². The molecule has 0 amide bonds. The van der Waals surface area contributed by atoms with Gasteiger partial charge < -0.3 is 10.1 Å². The van der Waals surface area contributed by atoms with Crippen LogP contribution < -0.4 is 10.1 Å². The smallest absolute Gasteiger partial charge is 0.132 e. The molecule has 0 spiro atoms. The number of ether oxygens (including phenoxy) is 1. The average molecular weight is 295 g/mol. The Morgan fingerprint density at radius 3 is 2.38 bits per heavy atom. The van der Waals surface area contributed by atoms with Crippen LogP contribution in [0.4, 0.5) is 13.2 Å². The van der Waals surface area contributed by atoms with Crippen molar-refractivity contribution in [2.24, 2.45) is 0 Å². The van der Waals surface area contributed by atoms with E-state index >= 15 is 0 Å². The van der Waals surface area contributed by atoms with Gasteiger partial charge in [0.05, 0.1) is 5.56 Å². The van der Waals surface area contributed by atoms with Gasteiger partial charge in [-0.25, -0.2) is 13.2 Å². The third-order valence-corrected chi connectivity index (χ3v) is 3.31. The van der Waals surface area contributed by atoms with Gasteiger partial charge >= 0.3 is 0 Å². The average Bonchev–Trinajstić information content (AvgIpc) is 2.47. The Labute approximate surface area is 121 Å². The van der Waals surface area contributed by atoms with Gasteiger partial charge in [-0.3, -0.25) is 0 Å². The van der Waals surface area contributed by atoms with Crippen LogP contribution in [0.1, 0.15) is 24.1 Å². The van der Waals surface area contributed by atoms with Crippen LogP contribution in [0, 0.1) is 17.5 Å². The summed E-state index contributed by atoms with van der Waals surface area (Å²) >= 11 is 0. The van der Waals surface area contributed by atoms with Crippen LogP contribution in [-0.2, 0) is 6.61 Å². The summed E-state index contributed by atoms with van der Waals surface area (Å²) in [6.45, 7) is 1.58. The highest BCUT2D eigenvalue weighted by Gasteiger charge is 2.14. The SMILES string of the molecule is CNC(C)c1cc(F)ccc1OCc1c(F)cccc1F. The van der Waals surface area contributed by atoms with Gasteiger partial charge in [0.25, 0.3) is 0 Å². The van der Waals surface area contributed by atoms with Gasteiger partial charge in [0.2, 0.25) is 0 Å². The number of hydrogen-bond acceptors (Lipinski definition) is 2. The van der Waals surface area contributed by atoms with E-state index in [4.69, 9.17) is 4.74 Å². The number of rotatable bonds is 5. The highest BCUT2D eigenvalue weighted by molar-refractivity contribution is 5.36. The maximum Gasteiger partial charge on any atom is 0.132 e. The van der Waals surface area contributed by atoms with Crippen molar-refractivity contribution in [2.45, 2.75) is 19.6 Å². The zero-order valence-corrected chi connectivity index (χ0v) is 11.8. The highest BCUT2D eigenvalue weighted by atomic mass is 19.1. The Hall–Kier alpha value is -2.01. The molecule has 1 N–H and O–H groups in total. The third-order valence-electron chi connectivity index (χ3n) is 3.31. The van der Waals surface area contributed by atoms with Crippen LogP contribution in [0.3, 0.4) is 0 Å². The molecular weight excluding hydrogens is 279 g/mol. The van der Waals surface area contributed by atoms with Gasteiger partial charge in [-0.2, -0.15) is 0 Å². The van der Waals surface area contributed by atoms with Crippen molar-refractivity contribution in [1.29, 1.82) is 0 Å². The Morgan fingerprint density at radius 2 is 1.76 bits per heavy atom. The molecule has 1 unspecified atom stereocenters. The molecule has 112 valence electrons. The number of nitrogens with one attached hydrogen (secondary N) is 1. The minimum absolute atomic E-state index is 0.148. The summed E-state index contributed by atoms with van der Waals surface area (Å²) in [6.07, 6.45) is 0. The molecule has 0 fully saturated rings. The van der Waals surface area contributed by atoms with Gasteiger partial charge in [0.15, 0.2) is 0 Å². The second-order valence-electron chi connectivity index (χ2n) is 4.68. The fourth-order valence-electron chi connectivity index (χ4n) is 1.96. The van der Waals surface area contributed by atoms with Crippen molar-refractivity contribution in [3.05, 3.63) is 65.0 Å². The predicted octanol–water partition coefficient (Wildman–Crippen LogP) is 3.96. The number of hydrogen-bond donors (Lipinski definition) is 1. The first-order chi connectivity index (χ1) is 10.0. The Kier molecular flexibility index (Phi) is 4.85. The fraction of sp³-hybridized carbons (Fsp3) is 0.250. The van der Waals surface area contributed by atoms with Crippen molar-refractivity contribution in [3.63, 3.8) is 0 Å². The topological polar surface area (TPSA) is 21.3 Å². The lowest BCUT2D eigenvalue weighted by molar-refractivity contribution is 0.287. The molecule has 0 saturated heterocycles. The zero-order valence-electron chi connectivity index (χ0n) is 11.8. The van der Waals surface area contributed by atoms with Gasteiger partial charge in [-0.1, -0.05) is 6.07 Å². The summed E-state index contributed by atoms with van der Waals surface area (Å²) in [5.41, 5.74) is 0.444. The summed E-state index contributed by atoms with van der Waals surface area (Å²) in [5.74, 6) is -1.34.